The highest BCUT2D eigenvalue weighted by Crippen LogP contribution is 2.32. The maximum absolute atomic E-state index is 12.4. The van der Waals surface area contributed by atoms with Crippen LogP contribution in [0.25, 0.3) is 6.08 Å². The molecule has 1 aromatic heterocycles. The zero-order valence-corrected chi connectivity index (χ0v) is 17.0. The Kier molecular flexibility index (Phi) is 5.10. The normalized spacial score (nSPS) is 17.6. The van der Waals surface area contributed by atoms with Crippen molar-refractivity contribution in [3.8, 4) is 0 Å². The summed E-state index contributed by atoms with van der Waals surface area (Å²) in [5, 5.41) is 3.53. The van der Waals surface area contributed by atoms with Gasteiger partial charge in [0.25, 0.3) is 5.91 Å². The number of benzene rings is 1. The molecule has 4 nitrogen and oxygen atoms in total. The number of rotatable bonds is 3. The number of para-hydroxylation sites is 1. The molecule has 1 aromatic carbocycles. The molecule has 0 saturated carbocycles. The topological polar surface area (TPSA) is 46.4 Å². The van der Waals surface area contributed by atoms with E-state index in [0.717, 1.165) is 22.4 Å². The van der Waals surface area contributed by atoms with E-state index in [9.17, 15) is 4.79 Å². The van der Waals surface area contributed by atoms with Gasteiger partial charge in [0.1, 0.15) is 0 Å². The van der Waals surface area contributed by atoms with Crippen molar-refractivity contribution in [2.75, 3.05) is 0 Å². The Morgan fingerprint density at radius 2 is 1.81 bits per heavy atom. The van der Waals surface area contributed by atoms with Crippen LogP contribution in [0.4, 0.5) is 5.69 Å². The van der Waals surface area contributed by atoms with Crippen molar-refractivity contribution in [3.63, 3.8) is 0 Å². The SMILES string of the molecule is Cc1cccc(C)c1N=C1NC(=O)/C(=C/c2cc(C)n(C(C)C)c2C)S1. The summed E-state index contributed by atoms with van der Waals surface area (Å²) in [5.74, 6) is -0.0886. The molecule has 1 aliphatic heterocycles. The Morgan fingerprint density at radius 3 is 2.38 bits per heavy atom. The highest BCUT2D eigenvalue weighted by atomic mass is 32.2. The molecule has 0 bridgehead atoms. The lowest BCUT2D eigenvalue weighted by molar-refractivity contribution is -0.115. The van der Waals surface area contributed by atoms with E-state index >= 15 is 0 Å². The van der Waals surface area contributed by atoms with E-state index in [0.29, 0.717) is 16.1 Å². The minimum absolute atomic E-state index is 0.0886. The van der Waals surface area contributed by atoms with Crippen LogP contribution in [0.15, 0.2) is 34.2 Å². The molecular formula is C21H25N3OS. The second-order valence-corrected chi connectivity index (χ2v) is 8.04. The Bertz CT molecular complexity index is 915. The lowest BCUT2D eigenvalue weighted by Gasteiger charge is -2.13. The van der Waals surface area contributed by atoms with Crippen LogP contribution in [-0.2, 0) is 4.79 Å². The number of amidine groups is 1. The van der Waals surface area contributed by atoms with Crippen molar-refractivity contribution >= 4 is 34.6 Å². The average molecular weight is 368 g/mol. The van der Waals surface area contributed by atoms with E-state index < -0.39 is 0 Å². The standard InChI is InChI=1S/C21H25N3OS/c1-12(2)24-15(5)10-17(16(24)6)11-18-20(25)23-21(26-18)22-19-13(3)8-7-9-14(19)4/h7-12H,1-6H3,(H,22,23,25)/b18-11-. The number of hydrogen-bond acceptors (Lipinski definition) is 3. The first-order chi connectivity index (χ1) is 12.3. The summed E-state index contributed by atoms with van der Waals surface area (Å²) < 4.78 is 2.29. The van der Waals surface area contributed by atoms with Gasteiger partial charge in [0, 0.05) is 17.4 Å². The number of carbonyl (C=O) groups is 1. The van der Waals surface area contributed by atoms with E-state index in [1.807, 2.05) is 38.1 Å². The van der Waals surface area contributed by atoms with Crippen LogP contribution in [0.2, 0.25) is 0 Å². The fourth-order valence-corrected chi connectivity index (χ4v) is 4.27. The predicted molar refractivity (Wildman–Crippen MR) is 111 cm³/mol. The molecule has 3 rings (SSSR count). The van der Waals surface area contributed by atoms with Crippen LogP contribution >= 0.6 is 11.8 Å². The molecule has 0 unspecified atom stereocenters. The van der Waals surface area contributed by atoms with Crippen molar-refractivity contribution in [2.24, 2.45) is 4.99 Å². The van der Waals surface area contributed by atoms with Gasteiger partial charge in [-0.3, -0.25) is 4.79 Å². The number of nitrogens with one attached hydrogen (secondary N) is 1. The smallest absolute Gasteiger partial charge is 0.264 e. The van der Waals surface area contributed by atoms with Crippen LogP contribution in [0.1, 0.15) is 48.0 Å². The number of aryl methyl sites for hydroxylation is 3. The summed E-state index contributed by atoms with van der Waals surface area (Å²) in [6.07, 6.45) is 1.97. The van der Waals surface area contributed by atoms with Gasteiger partial charge in [0.05, 0.1) is 10.6 Å². The van der Waals surface area contributed by atoms with E-state index in [4.69, 9.17) is 0 Å². The number of amides is 1. The lowest BCUT2D eigenvalue weighted by Crippen LogP contribution is -2.19. The van der Waals surface area contributed by atoms with Gasteiger partial charge < -0.3 is 9.88 Å². The average Bonchev–Trinajstić information content (AvgIpc) is 3.03. The van der Waals surface area contributed by atoms with Crippen LogP contribution in [0.5, 0.6) is 0 Å². The third-order valence-corrected chi connectivity index (χ3v) is 5.54. The fourth-order valence-electron chi connectivity index (χ4n) is 3.45. The first kappa shape index (κ1) is 18.5. The Labute approximate surface area is 159 Å². The summed E-state index contributed by atoms with van der Waals surface area (Å²) in [6.45, 7) is 12.6. The Morgan fingerprint density at radius 1 is 1.15 bits per heavy atom. The second-order valence-electron chi connectivity index (χ2n) is 7.01. The van der Waals surface area contributed by atoms with Crippen LogP contribution in [0, 0.1) is 27.7 Å². The summed E-state index contributed by atoms with van der Waals surface area (Å²) >= 11 is 1.40. The first-order valence-corrected chi connectivity index (χ1v) is 9.63. The molecule has 136 valence electrons. The molecule has 1 aliphatic rings. The summed E-state index contributed by atoms with van der Waals surface area (Å²) in [5.41, 5.74) is 6.60. The summed E-state index contributed by atoms with van der Waals surface area (Å²) in [4.78, 5) is 17.8. The van der Waals surface area contributed by atoms with Crippen molar-refractivity contribution in [3.05, 3.63) is 57.2 Å². The molecular weight excluding hydrogens is 342 g/mol. The molecule has 2 aromatic rings. The molecule has 5 heteroatoms. The third kappa shape index (κ3) is 3.49. The zero-order chi connectivity index (χ0) is 19.0. The van der Waals surface area contributed by atoms with Crippen molar-refractivity contribution in [2.45, 2.75) is 47.6 Å². The predicted octanol–water partition coefficient (Wildman–Crippen LogP) is 5.19. The molecule has 2 heterocycles. The van der Waals surface area contributed by atoms with Gasteiger partial charge in [-0.1, -0.05) is 18.2 Å². The molecule has 0 atom stereocenters. The molecule has 1 saturated heterocycles. The van der Waals surface area contributed by atoms with Crippen molar-refractivity contribution in [1.82, 2.24) is 9.88 Å². The largest absolute Gasteiger partial charge is 0.346 e. The summed E-state index contributed by atoms with van der Waals surface area (Å²) in [7, 11) is 0. The van der Waals surface area contributed by atoms with Gasteiger partial charge in [-0.05, 0) is 82.1 Å². The van der Waals surface area contributed by atoms with Crippen molar-refractivity contribution < 1.29 is 4.79 Å². The third-order valence-electron chi connectivity index (χ3n) is 4.63. The highest BCUT2D eigenvalue weighted by molar-refractivity contribution is 8.18. The van der Waals surface area contributed by atoms with Crippen LogP contribution in [-0.4, -0.2) is 15.6 Å². The highest BCUT2D eigenvalue weighted by Gasteiger charge is 2.25. The van der Waals surface area contributed by atoms with Gasteiger partial charge in [-0.25, -0.2) is 4.99 Å². The van der Waals surface area contributed by atoms with E-state index in [1.54, 1.807) is 0 Å². The molecule has 26 heavy (non-hydrogen) atoms. The van der Waals surface area contributed by atoms with Gasteiger partial charge in [0.2, 0.25) is 0 Å². The van der Waals surface area contributed by atoms with E-state index in [-0.39, 0.29) is 5.91 Å². The van der Waals surface area contributed by atoms with Gasteiger partial charge in [-0.2, -0.15) is 0 Å². The minimum Gasteiger partial charge on any atom is -0.346 e. The molecule has 1 fully saturated rings. The quantitative estimate of drug-likeness (QED) is 0.759. The minimum atomic E-state index is -0.0886. The first-order valence-electron chi connectivity index (χ1n) is 8.82. The molecule has 1 amide bonds. The van der Waals surface area contributed by atoms with E-state index in [2.05, 4.69) is 48.6 Å². The number of aromatic nitrogens is 1. The van der Waals surface area contributed by atoms with Gasteiger partial charge in [0.15, 0.2) is 5.17 Å². The molecule has 0 radical (unpaired) electrons. The zero-order valence-electron chi connectivity index (χ0n) is 16.2. The maximum atomic E-state index is 12.4. The number of carbonyl (C=O) groups excluding carboxylic acids is 1. The monoisotopic (exact) mass is 367 g/mol. The lowest BCUT2D eigenvalue weighted by atomic mass is 10.1. The Hall–Kier alpha value is -2.27. The van der Waals surface area contributed by atoms with Crippen molar-refractivity contribution in [1.29, 1.82) is 0 Å². The molecule has 0 aliphatic carbocycles. The fraction of sp³-hybridized carbons (Fsp3) is 0.333. The molecule has 0 spiro atoms. The Balaban J connectivity index is 1.93. The van der Waals surface area contributed by atoms with Crippen LogP contribution < -0.4 is 5.32 Å². The van der Waals surface area contributed by atoms with Crippen LogP contribution in [0.3, 0.4) is 0 Å². The van der Waals surface area contributed by atoms with Gasteiger partial charge >= 0.3 is 0 Å². The number of nitrogens with zero attached hydrogens (tertiary/aromatic N) is 2. The number of thioether (sulfide) groups is 1. The maximum Gasteiger partial charge on any atom is 0.264 e. The second kappa shape index (κ2) is 7.16. The summed E-state index contributed by atoms with van der Waals surface area (Å²) in [6, 6.07) is 8.62. The van der Waals surface area contributed by atoms with E-state index in [1.165, 1.54) is 23.1 Å². The van der Waals surface area contributed by atoms with Gasteiger partial charge in [-0.15, -0.1) is 0 Å². The number of aliphatic imine (C=N–C) groups is 1. The molecule has 1 N–H and O–H groups in total. The number of hydrogen-bond donors (Lipinski definition) is 1.